The number of anilines is 3. The summed E-state index contributed by atoms with van der Waals surface area (Å²) >= 11 is 0. The Labute approximate surface area is 200 Å². The van der Waals surface area contributed by atoms with Crippen LogP contribution in [0.5, 0.6) is 0 Å². The molecule has 0 aliphatic rings. The van der Waals surface area contributed by atoms with Crippen LogP contribution in [0, 0.1) is 23.1 Å². The molecule has 0 amide bonds. The topological polar surface area (TPSA) is 74.1 Å². The lowest BCUT2D eigenvalue weighted by Crippen LogP contribution is -2.37. The number of rotatable bonds is 8. The molecule has 0 spiro atoms. The lowest BCUT2D eigenvalue weighted by molar-refractivity contribution is -0.149. The van der Waals surface area contributed by atoms with Crippen molar-refractivity contribution in [2.45, 2.75) is 32.2 Å². The molecule has 0 fully saturated rings. The summed E-state index contributed by atoms with van der Waals surface area (Å²) in [6.07, 6.45) is -5.94. The third-order valence-corrected chi connectivity index (χ3v) is 5.13. The predicted octanol–water partition coefficient (Wildman–Crippen LogP) is 6.83. The van der Waals surface area contributed by atoms with Crippen LogP contribution in [0.4, 0.5) is 34.6 Å². The van der Waals surface area contributed by atoms with E-state index in [0.717, 1.165) is 17.8 Å². The molecule has 0 aromatic heterocycles. The first kappa shape index (κ1) is 25.6. The second kappa shape index (κ2) is 10.9. The first-order valence-electron chi connectivity index (χ1n) is 10.7. The van der Waals surface area contributed by atoms with Crippen molar-refractivity contribution < 1.29 is 27.1 Å². The Morgan fingerprint density at radius 1 is 0.971 bits per heavy atom. The number of hydrogen-bond donors (Lipinski definition) is 2. The number of hydrogen-bond acceptors (Lipinski definition) is 5. The largest absolute Gasteiger partial charge is 0.440 e. The lowest BCUT2D eigenvalue weighted by Gasteiger charge is -2.24. The van der Waals surface area contributed by atoms with Crippen LogP contribution in [0.2, 0.25) is 0 Å². The first-order valence-corrected chi connectivity index (χ1v) is 10.7. The molecule has 3 aromatic carbocycles. The van der Waals surface area contributed by atoms with Gasteiger partial charge in [0.15, 0.2) is 0 Å². The Morgan fingerprint density at radius 2 is 1.66 bits per heavy atom. The van der Waals surface area contributed by atoms with Gasteiger partial charge in [-0.2, -0.15) is 18.4 Å². The molecule has 0 heterocycles. The molecule has 0 aliphatic carbocycles. The van der Waals surface area contributed by atoms with Gasteiger partial charge in [0.1, 0.15) is 17.9 Å². The van der Waals surface area contributed by atoms with E-state index < -0.39 is 41.6 Å². The fourth-order valence-corrected chi connectivity index (χ4v) is 3.30. The van der Waals surface area contributed by atoms with Crippen LogP contribution >= 0.6 is 0 Å². The van der Waals surface area contributed by atoms with E-state index in [0.29, 0.717) is 17.3 Å². The van der Waals surface area contributed by atoms with E-state index in [9.17, 15) is 27.6 Å². The lowest BCUT2D eigenvalue weighted by atomic mass is 10.0. The third kappa shape index (κ3) is 6.73. The molecule has 0 bridgehead atoms. The minimum Gasteiger partial charge on any atom is -0.440 e. The van der Waals surface area contributed by atoms with Crippen molar-refractivity contribution in [3.8, 4) is 6.07 Å². The van der Waals surface area contributed by atoms with Gasteiger partial charge in [-0.3, -0.25) is 0 Å². The van der Waals surface area contributed by atoms with Gasteiger partial charge in [0.05, 0.1) is 11.3 Å². The number of nitriles is 1. The molecule has 2 N–H and O–H groups in total. The highest BCUT2D eigenvalue weighted by atomic mass is 19.4. The van der Waals surface area contributed by atoms with Crippen molar-refractivity contribution in [3.05, 3.63) is 89.7 Å². The summed E-state index contributed by atoms with van der Waals surface area (Å²) < 4.78 is 58.2. The number of carbonyl (C=O) groups is 1. The number of nitrogens with zero attached hydrogens (tertiary/aromatic N) is 1. The van der Waals surface area contributed by atoms with E-state index in [4.69, 9.17) is 4.74 Å². The number of nitrogens with one attached hydrogen (secondary N) is 2. The zero-order valence-electron chi connectivity index (χ0n) is 18.9. The number of esters is 1. The number of para-hydroxylation sites is 1. The Balaban J connectivity index is 1.75. The van der Waals surface area contributed by atoms with Crippen LogP contribution in [0.1, 0.15) is 31.1 Å². The van der Waals surface area contributed by atoms with Crippen LogP contribution in [-0.2, 0) is 15.7 Å². The van der Waals surface area contributed by atoms with Gasteiger partial charge in [-0.1, -0.05) is 44.2 Å². The molecular weight excluding hydrogens is 462 g/mol. The highest BCUT2D eigenvalue weighted by Crippen LogP contribution is 2.32. The van der Waals surface area contributed by atoms with Crippen molar-refractivity contribution in [2.75, 3.05) is 10.6 Å². The fraction of sp³-hybridized carbons (Fsp3) is 0.231. The summed E-state index contributed by atoms with van der Waals surface area (Å²) in [7, 11) is 0. The molecule has 182 valence electrons. The summed E-state index contributed by atoms with van der Waals surface area (Å²) in [5, 5.41) is 15.4. The highest BCUT2D eigenvalue weighted by Gasteiger charge is 2.32. The van der Waals surface area contributed by atoms with Crippen LogP contribution < -0.4 is 10.6 Å². The first-order chi connectivity index (χ1) is 16.6. The van der Waals surface area contributed by atoms with Gasteiger partial charge >= 0.3 is 12.1 Å². The van der Waals surface area contributed by atoms with E-state index in [1.54, 1.807) is 38.1 Å². The van der Waals surface area contributed by atoms with E-state index in [2.05, 4.69) is 10.6 Å². The molecular formula is C26H23F4N3O2. The maximum Gasteiger partial charge on any atom is 0.416 e. The van der Waals surface area contributed by atoms with E-state index in [1.807, 2.05) is 36.4 Å². The van der Waals surface area contributed by atoms with E-state index in [-0.39, 0.29) is 5.69 Å². The molecule has 0 aliphatic heterocycles. The van der Waals surface area contributed by atoms with Crippen LogP contribution in [-0.4, -0.2) is 12.0 Å². The van der Waals surface area contributed by atoms with E-state index in [1.165, 1.54) is 0 Å². The molecule has 9 heteroatoms. The fourth-order valence-electron chi connectivity index (χ4n) is 3.30. The summed E-state index contributed by atoms with van der Waals surface area (Å²) in [6.45, 7) is 3.32. The Kier molecular flexibility index (Phi) is 7.97. The number of halogens is 4. The van der Waals surface area contributed by atoms with Gasteiger partial charge in [0.2, 0.25) is 6.10 Å². The molecule has 2 atom stereocenters. The smallest absolute Gasteiger partial charge is 0.416 e. The predicted molar refractivity (Wildman–Crippen MR) is 124 cm³/mol. The molecule has 0 saturated heterocycles. The summed E-state index contributed by atoms with van der Waals surface area (Å²) in [5.41, 5.74) is 0.507. The minimum atomic E-state index is -4.69. The van der Waals surface area contributed by atoms with Crippen LogP contribution in [0.25, 0.3) is 0 Å². The zero-order chi connectivity index (χ0) is 25.6. The maximum atomic E-state index is 14.3. The molecule has 35 heavy (non-hydrogen) atoms. The van der Waals surface area contributed by atoms with Crippen molar-refractivity contribution in [2.24, 2.45) is 5.92 Å². The number of carbonyl (C=O) groups excluding carboxylic acids is 1. The van der Waals surface area contributed by atoms with Gasteiger partial charge in [-0.15, -0.1) is 0 Å². The Hall–Kier alpha value is -4.06. The van der Waals surface area contributed by atoms with Crippen molar-refractivity contribution in [3.63, 3.8) is 0 Å². The van der Waals surface area contributed by atoms with Crippen LogP contribution in [0.15, 0.2) is 72.8 Å². The SMILES string of the molecule is CC(C)C(Nc1ccc(C(F)(F)F)cc1F)C(=O)OC(C#N)c1cccc(Nc2ccccc2)c1. The van der Waals surface area contributed by atoms with Gasteiger partial charge in [0.25, 0.3) is 0 Å². The molecule has 5 nitrogen and oxygen atoms in total. The molecule has 2 unspecified atom stereocenters. The number of ether oxygens (including phenoxy) is 1. The highest BCUT2D eigenvalue weighted by molar-refractivity contribution is 5.80. The zero-order valence-corrected chi connectivity index (χ0v) is 18.9. The maximum absolute atomic E-state index is 14.3. The van der Waals surface area contributed by atoms with E-state index >= 15 is 0 Å². The summed E-state index contributed by atoms with van der Waals surface area (Å²) in [6, 6.07) is 19.0. The van der Waals surface area contributed by atoms with Gasteiger partial charge in [-0.05, 0) is 48.4 Å². The van der Waals surface area contributed by atoms with Gasteiger partial charge < -0.3 is 15.4 Å². The Bertz CT molecular complexity index is 1210. The third-order valence-electron chi connectivity index (χ3n) is 5.13. The Morgan fingerprint density at radius 3 is 2.26 bits per heavy atom. The normalized spacial score (nSPS) is 13.0. The molecule has 0 saturated carbocycles. The summed E-state index contributed by atoms with van der Waals surface area (Å²) in [4.78, 5) is 12.9. The standard InChI is InChI=1S/C26H23F4N3O2/c1-16(2)24(33-22-12-11-18(14-21(22)27)26(28,29)30)25(34)35-23(15-31)17-7-6-10-20(13-17)32-19-8-4-3-5-9-19/h3-14,16,23-24,32-33H,1-2H3. The van der Waals surface area contributed by atoms with Gasteiger partial charge in [0, 0.05) is 16.9 Å². The van der Waals surface area contributed by atoms with Crippen LogP contribution in [0.3, 0.4) is 0 Å². The molecule has 3 aromatic rings. The minimum absolute atomic E-state index is 0.281. The molecule has 0 radical (unpaired) electrons. The van der Waals surface area contributed by atoms with Crippen molar-refractivity contribution in [1.82, 2.24) is 0 Å². The monoisotopic (exact) mass is 485 g/mol. The van der Waals surface area contributed by atoms with Gasteiger partial charge in [-0.25, -0.2) is 9.18 Å². The second-order valence-electron chi connectivity index (χ2n) is 8.12. The molecule has 3 rings (SSSR count). The average molecular weight is 485 g/mol. The number of alkyl halides is 3. The van der Waals surface area contributed by atoms with Crippen molar-refractivity contribution >= 4 is 23.0 Å². The van der Waals surface area contributed by atoms with Crippen molar-refractivity contribution in [1.29, 1.82) is 5.26 Å². The number of benzene rings is 3. The average Bonchev–Trinajstić information content (AvgIpc) is 2.81. The quantitative estimate of drug-likeness (QED) is 0.270. The second-order valence-corrected chi connectivity index (χ2v) is 8.12. The summed E-state index contributed by atoms with van der Waals surface area (Å²) in [5.74, 6) is -2.42.